The minimum atomic E-state index is -0.677. The summed E-state index contributed by atoms with van der Waals surface area (Å²) in [6.45, 7) is 6.91. The maximum atomic E-state index is 13.0. The highest BCUT2D eigenvalue weighted by molar-refractivity contribution is 6.42. The standard InChI is InChI=1S/C13H16FNO2/c1-8-7-9(5-6-10(8)14)11(16)12(17)15-13(2,3)4/h5-7H,1-4H3,(H,15,17). The summed E-state index contributed by atoms with van der Waals surface area (Å²) in [5.41, 5.74) is 0.0759. The van der Waals surface area contributed by atoms with Crippen LogP contribution in [0.4, 0.5) is 4.39 Å². The van der Waals surface area contributed by atoms with Gasteiger partial charge in [-0.25, -0.2) is 4.39 Å². The van der Waals surface area contributed by atoms with Crippen LogP contribution in [0.25, 0.3) is 0 Å². The van der Waals surface area contributed by atoms with E-state index in [-0.39, 0.29) is 5.56 Å². The molecule has 0 aliphatic heterocycles. The molecule has 92 valence electrons. The summed E-state index contributed by atoms with van der Waals surface area (Å²) in [5, 5.41) is 2.57. The van der Waals surface area contributed by atoms with Crippen molar-refractivity contribution in [2.24, 2.45) is 0 Å². The third-order valence-corrected chi connectivity index (χ3v) is 2.11. The molecular formula is C13H16FNO2. The van der Waals surface area contributed by atoms with Crippen molar-refractivity contribution in [3.05, 3.63) is 35.1 Å². The number of carbonyl (C=O) groups excluding carboxylic acids is 2. The lowest BCUT2D eigenvalue weighted by Crippen LogP contribution is -2.44. The predicted octanol–water partition coefficient (Wildman–Crippen LogP) is 2.23. The van der Waals surface area contributed by atoms with Crippen LogP contribution >= 0.6 is 0 Å². The van der Waals surface area contributed by atoms with Crippen LogP contribution in [0.15, 0.2) is 18.2 Å². The first-order valence-electron chi connectivity index (χ1n) is 5.34. The fraction of sp³-hybridized carbons (Fsp3) is 0.385. The van der Waals surface area contributed by atoms with Crippen LogP contribution < -0.4 is 5.32 Å². The van der Waals surface area contributed by atoms with Crippen molar-refractivity contribution in [3.63, 3.8) is 0 Å². The van der Waals surface area contributed by atoms with Crippen LogP contribution in [0.1, 0.15) is 36.7 Å². The topological polar surface area (TPSA) is 46.2 Å². The molecule has 1 amide bonds. The zero-order valence-corrected chi connectivity index (χ0v) is 10.4. The summed E-state index contributed by atoms with van der Waals surface area (Å²) >= 11 is 0. The summed E-state index contributed by atoms with van der Waals surface area (Å²) in [4.78, 5) is 23.4. The summed E-state index contributed by atoms with van der Waals surface area (Å²) in [6, 6.07) is 3.87. The molecule has 17 heavy (non-hydrogen) atoms. The monoisotopic (exact) mass is 237 g/mol. The molecular weight excluding hydrogens is 221 g/mol. The van der Waals surface area contributed by atoms with Crippen LogP contribution in [0, 0.1) is 12.7 Å². The normalized spacial score (nSPS) is 11.1. The van der Waals surface area contributed by atoms with Crippen molar-refractivity contribution < 1.29 is 14.0 Å². The number of carbonyl (C=O) groups is 2. The Morgan fingerprint density at radius 3 is 2.29 bits per heavy atom. The molecule has 0 radical (unpaired) electrons. The first kappa shape index (κ1) is 13.4. The zero-order valence-electron chi connectivity index (χ0n) is 10.4. The molecule has 0 aromatic heterocycles. The molecule has 0 aliphatic rings. The lowest BCUT2D eigenvalue weighted by atomic mass is 10.0. The Labute approximate surface area is 100 Å². The van der Waals surface area contributed by atoms with E-state index < -0.39 is 23.0 Å². The number of amides is 1. The fourth-order valence-corrected chi connectivity index (χ4v) is 1.31. The Morgan fingerprint density at radius 1 is 1.24 bits per heavy atom. The van der Waals surface area contributed by atoms with E-state index in [0.717, 1.165) is 0 Å². The number of ketones is 1. The van der Waals surface area contributed by atoms with Crippen LogP contribution in [0.2, 0.25) is 0 Å². The molecule has 0 bridgehead atoms. The lowest BCUT2D eigenvalue weighted by Gasteiger charge is -2.19. The van der Waals surface area contributed by atoms with Gasteiger partial charge in [0.15, 0.2) is 0 Å². The van der Waals surface area contributed by atoms with Crippen molar-refractivity contribution in [1.29, 1.82) is 0 Å². The van der Waals surface area contributed by atoms with Gasteiger partial charge in [0, 0.05) is 11.1 Å². The number of hydrogen-bond donors (Lipinski definition) is 1. The summed E-state index contributed by atoms with van der Waals surface area (Å²) in [6.07, 6.45) is 0. The Balaban J connectivity index is 2.90. The molecule has 3 nitrogen and oxygen atoms in total. The van der Waals surface area contributed by atoms with Crippen LogP contribution in [0.5, 0.6) is 0 Å². The molecule has 0 heterocycles. The third-order valence-electron chi connectivity index (χ3n) is 2.11. The van der Waals surface area contributed by atoms with Crippen LogP contribution in [-0.4, -0.2) is 17.2 Å². The van der Waals surface area contributed by atoms with Gasteiger partial charge in [0.1, 0.15) is 5.82 Å². The third kappa shape index (κ3) is 3.66. The second-order valence-electron chi connectivity index (χ2n) is 5.00. The van der Waals surface area contributed by atoms with Gasteiger partial charge in [-0.15, -0.1) is 0 Å². The molecule has 1 N–H and O–H groups in total. The summed E-state index contributed by atoms with van der Waals surface area (Å²) < 4.78 is 13.0. The van der Waals surface area contributed by atoms with Crippen molar-refractivity contribution in [1.82, 2.24) is 5.32 Å². The minimum Gasteiger partial charge on any atom is -0.345 e. The molecule has 0 spiro atoms. The van der Waals surface area contributed by atoms with Crippen LogP contribution in [-0.2, 0) is 4.79 Å². The van der Waals surface area contributed by atoms with Gasteiger partial charge in [0.25, 0.3) is 5.91 Å². The average molecular weight is 237 g/mol. The molecule has 4 heteroatoms. The van der Waals surface area contributed by atoms with E-state index in [1.165, 1.54) is 18.2 Å². The molecule has 0 atom stereocenters. The molecule has 0 fully saturated rings. The quantitative estimate of drug-likeness (QED) is 0.633. The highest BCUT2D eigenvalue weighted by Crippen LogP contribution is 2.10. The fourth-order valence-electron chi connectivity index (χ4n) is 1.31. The van der Waals surface area contributed by atoms with Gasteiger partial charge in [-0.05, 0) is 51.5 Å². The zero-order chi connectivity index (χ0) is 13.2. The molecule has 1 rings (SSSR count). The number of nitrogens with one attached hydrogen (secondary N) is 1. The maximum Gasteiger partial charge on any atom is 0.292 e. The minimum absolute atomic E-state index is 0.200. The van der Waals surface area contributed by atoms with Crippen molar-refractivity contribution >= 4 is 11.7 Å². The maximum absolute atomic E-state index is 13.0. The van der Waals surface area contributed by atoms with E-state index in [0.29, 0.717) is 5.56 Å². The Kier molecular flexibility index (Phi) is 3.66. The van der Waals surface area contributed by atoms with Gasteiger partial charge >= 0.3 is 0 Å². The van der Waals surface area contributed by atoms with Gasteiger partial charge in [-0.3, -0.25) is 9.59 Å². The Hall–Kier alpha value is -1.71. The van der Waals surface area contributed by atoms with Crippen molar-refractivity contribution in [3.8, 4) is 0 Å². The molecule has 1 aromatic carbocycles. The van der Waals surface area contributed by atoms with E-state index in [9.17, 15) is 14.0 Å². The highest BCUT2D eigenvalue weighted by atomic mass is 19.1. The number of hydrogen-bond acceptors (Lipinski definition) is 2. The summed E-state index contributed by atoms with van der Waals surface area (Å²) in [5.74, 6) is -1.72. The first-order chi connectivity index (χ1) is 7.70. The van der Waals surface area contributed by atoms with Gasteiger partial charge in [-0.1, -0.05) is 0 Å². The molecule has 0 unspecified atom stereocenters. The Bertz CT molecular complexity index is 461. The number of benzene rings is 1. The molecule has 1 aromatic rings. The van der Waals surface area contributed by atoms with Gasteiger partial charge in [-0.2, -0.15) is 0 Å². The predicted molar refractivity (Wildman–Crippen MR) is 63.4 cm³/mol. The number of rotatable bonds is 2. The van der Waals surface area contributed by atoms with Gasteiger partial charge in [0.2, 0.25) is 5.78 Å². The first-order valence-corrected chi connectivity index (χ1v) is 5.34. The van der Waals surface area contributed by atoms with Crippen molar-refractivity contribution in [2.45, 2.75) is 33.2 Å². The van der Waals surface area contributed by atoms with E-state index in [2.05, 4.69) is 5.32 Å². The SMILES string of the molecule is Cc1cc(C(=O)C(=O)NC(C)(C)C)ccc1F. The second-order valence-corrected chi connectivity index (χ2v) is 5.00. The van der Waals surface area contributed by atoms with Crippen LogP contribution in [0.3, 0.4) is 0 Å². The largest absolute Gasteiger partial charge is 0.345 e. The number of Topliss-reactive ketones (excluding diaryl/α,β-unsaturated/α-hetero) is 1. The van der Waals surface area contributed by atoms with Gasteiger partial charge in [0.05, 0.1) is 0 Å². The average Bonchev–Trinajstić information content (AvgIpc) is 2.18. The Morgan fingerprint density at radius 2 is 1.82 bits per heavy atom. The van der Waals surface area contributed by atoms with Crippen molar-refractivity contribution in [2.75, 3.05) is 0 Å². The van der Waals surface area contributed by atoms with Gasteiger partial charge < -0.3 is 5.32 Å². The number of halogens is 1. The van der Waals surface area contributed by atoms with E-state index >= 15 is 0 Å². The second kappa shape index (κ2) is 4.65. The van der Waals surface area contributed by atoms with E-state index in [4.69, 9.17) is 0 Å². The highest BCUT2D eigenvalue weighted by Gasteiger charge is 2.21. The molecule has 0 aliphatic carbocycles. The molecule has 0 saturated carbocycles. The molecule has 0 saturated heterocycles. The summed E-state index contributed by atoms with van der Waals surface area (Å²) in [7, 11) is 0. The van der Waals surface area contributed by atoms with E-state index in [1.807, 2.05) is 0 Å². The lowest BCUT2D eigenvalue weighted by molar-refractivity contribution is -0.118. The smallest absolute Gasteiger partial charge is 0.292 e. The van der Waals surface area contributed by atoms with E-state index in [1.54, 1.807) is 27.7 Å². The number of aryl methyl sites for hydroxylation is 1.